The quantitative estimate of drug-likeness (QED) is 0.351. The van der Waals surface area contributed by atoms with Crippen molar-refractivity contribution in [1.82, 2.24) is 20.4 Å². The van der Waals surface area contributed by atoms with Gasteiger partial charge in [-0.25, -0.2) is 4.39 Å². The number of likely N-dealkylation sites (N-methyl/N-ethyl adjacent to an activating group) is 1. The molecule has 7 heteroatoms. The van der Waals surface area contributed by atoms with Gasteiger partial charge in [0.25, 0.3) is 0 Å². The summed E-state index contributed by atoms with van der Waals surface area (Å²) in [7, 11) is 0. The zero-order valence-corrected chi connectivity index (χ0v) is 18.2. The molecule has 0 bridgehead atoms. The molecule has 1 saturated heterocycles. The molecule has 0 unspecified atom stereocenters. The summed E-state index contributed by atoms with van der Waals surface area (Å²) in [6.45, 7) is 13.5. The van der Waals surface area contributed by atoms with Gasteiger partial charge in [0.2, 0.25) is 0 Å². The van der Waals surface area contributed by atoms with E-state index in [1.165, 1.54) is 6.07 Å². The van der Waals surface area contributed by atoms with Crippen LogP contribution >= 0.6 is 15.9 Å². The van der Waals surface area contributed by atoms with E-state index in [1.807, 2.05) is 12.1 Å². The van der Waals surface area contributed by atoms with Crippen molar-refractivity contribution in [3.63, 3.8) is 0 Å². The first-order valence-electron chi connectivity index (χ1n) is 10.0. The second kappa shape index (κ2) is 12.3. The molecule has 1 aromatic carbocycles. The van der Waals surface area contributed by atoms with Gasteiger partial charge < -0.3 is 15.5 Å². The summed E-state index contributed by atoms with van der Waals surface area (Å²) < 4.78 is 14.6. The first kappa shape index (κ1) is 22.1. The Morgan fingerprint density at radius 3 is 2.56 bits per heavy atom. The third kappa shape index (κ3) is 8.15. The number of aryl methyl sites for hydroxylation is 1. The number of halogens is 2. The fraction of sp³-hybridized carbons (Fsp3) is 0.650. The molecular formula is C20H33BrFN5. The summed E-state index contributed by atoms with van der Waals surface area (Å²) in [4.78, 5) is 9.61. The maximum Gasteiger partial charge on any atom is 0.191 e. The van der Waals surface area contributed by atoms with Gasteiger partial charge in [0, 0.05) is 56.8 Å². The molecule has 1 aliphatic rings. The summed E-state index contributed by atoms with van der Waals surface area (Å²) in [6.07, 6.45) is 1.53. The Morgan fingerprint density at radius 2 is 1.89 bits per heavy atom. The van der Waals surface area contributed by atoms with Crippen molar-refractivity contribution in [2.24, 2.45) is 4.99 Å². The minimum absolute atomic E-state index is 0.151. The Bertz CT molecular complexity index is 588. The van der Waals surface area contributed by atoms with Crippen molar-refractivity contribution in [2.75, 3.05) is 58.9 Å². The van der Waals surface area contributed by atoms with Crippen molar-refractivity contribution in [2.45, 2.75) is 26.7 Å². The lowest BCUT2D eigenvalue weighted by molar-refractivity contribution is 0.139. The van der Waals surface area contributed by atoms with Gasteiger partial charge in [-0.1, -0.05) is 28.9 Å². The lowest BCUT2D eigenvalue weighted by Crippen LogP contribution is -2.49. The van der Waals surface area contributed by atoms with Gasteiger partial charge in [-0.2, -0.15) is 0 Å². The molecule has 1 heterocycles. The number of aliphatic imine (C=N–C) groups is 1. The van der Waals surface area contributed by atoms with Crippen molar-refractivity contribution in [3.05, 3.63) is 34.1 Å². The predicted molar refractivity (Wildman–Crippen MR) is 115 cm³/mol. The van der Waals surface area contributed by atoms with Crippen LogP contribution in [0.3, 0.4) is 0 Å². The summed E-state index contributed by atoms with van der Waals surface area (Å²) in [5.41, 5.74) is 0.748. The average Bonchev–Trinajstić information content (AvgIpc) is 2.67. The van der Waals surface area contributed by atoms with Crippen LogP contribution in [0.15, 0.2) is 27.7 Å². The molecule has 5 nitrogen and oxygen atoms in total. The van der Waals surface area contributed by atoms with E-state index in [9.17, 15) is 4.39 Å². The van der Waals surface area contributed by atoms with E-state index in [-0.39, 0.29) is 5.82 Å². The van der Waals surface area contributed by atoms with Crippen molar-refractivity contribution in [1.29, 1.82) is 0 Å². The predicted octanol–water partition coefficient (Wildman–Crippen LogP) is 2.71. The number of rotatable bonds is 9. The molecule has 1 aromatic rings. The fourth-order valence-electron chi connectivity index (χ4n) is 3.19. The lowest BCUT2D eigenvalue weighted by Gasteiger charge is -2.34. The van der Waals surface area contributed by atoms with E-state index in [4.69, 9.17) is 0 Å². The highest BCUT2D eigenvalue weighted by atomic mass is 79.9. The maximum absolute atomic E-state index is 13.8. The number of nitrogens with one attached hydrogen (secondary N) is 2. The van der Waals surface area contributed by atoms with Crippen LogP contribution in [0.2, 0.25) is 0 Å². The average molecular weight is 442 g/mol. The summed E-state index contributed by atoms with van der Waals surface area (Å²) in [5, 5.41) is 6.70. The third-order valence-corrected chi connectivity index (χ3v) is 5.36. The Morgan fingerprint density at radius 1 is 1.15 bits per heavy atom. The highest BCUT2D eigenvalue weighted by molar-refractivity contribution is 9.10. The maximum atomic E-state index is 13.8. The van der Waals surface area contributed by atoms with E-state index < -0.39 is 0 Å². The minimum Gasteiger partial charge on any atom is -0.357 e. The molecule has 1 fully saturated rings. The number of guanidine groups is 1. The van der Waals surface area contributed by atoms with Gasteiger partial charge in [-0.3, -0.25) is 9.89 Å². The van der Waals surface area contributed by atoms with Gasteiger partial charge in [0.05, 0.1) is 0 Å². The molecule has 2 rings (SSSR count). The van der Waals surface area contributed by atoms with Crippen LogP contribution < -0.4 is 10.6 Å². The SMILES string of the molecule is CCNC(=NCCCc1ccc(Br)cc1F)NCCN1CCN(CC)CC1. The second-order valence-corrected chi connectivity index (χ2v) is 7.72. The van der Waals surface area contributed by atoms with Gasteiger partial charge in [-0.05, 0) is 44.0 Å². The number of piperazine rings is 1. The zero-order chi connectivity index (χ0) is 19.5. The summed E-state index contributed by atoms with van der Waals surface area (Å²) in [6, 6.07) is 5.24. The summed E-state index contributed by atoms with van der Waals surface area (Å²) >= 11 is 3.29. The first-order valence-corrected chi connectivity index (χ1v) is 10.8. The molecule has 0 aliphatic carbocycles. The van der Waals surface area contributed by atoms with Crippen LogP contribution in [-0.4, -0.2) is 74.7 Å². The Hall–Kier alpha value is -1.18. The molecule has 0 radical (unpaired) electrons. The third-order valence-electron chi connectivity index (χ3n) is 4.87. The molecule has 0 spiro atoms. The molecule has 0 aromatic heterocycles. The lowest BCUT2D eigenvalue weighted by atomic mass is 10.1. The smallest absolute Gasteiger partial charge is 0.191 e. The Kier molecular flexibility index (Phi) is 10.1. The monoisotopic (exact) mass is 441 g/mol. The van der Waals surface area contributed by atoms with Gasteiger partial charge in [0.15, 0.2) is 5.96 Å². The van der Waals surface area contributed by atoms with Crippen molar-refractivity contribution < 1.29 is 4.39 Å². The first-order chi connectivity index (χ1) is 13.1. The highest BCUT2D eigenvalue weighted by Crippen LogP contribution is 2.16. The van der Waals surface area contributed by atoms with E-state index in [0.717, 1.165) is 74.8 Å². The van der Waals surface area contributed by atoms with E-state index in [0.29, 0.717) is 13.0 Å². The topological polar surface area (TPSA) is 42.9 Å². The Labute approximate surface area is 171 Å². The second-order valence-electron chi connectivity index (χ2n) is 6.80. The fourth-order valence-corrected chi connectivity index (χ4v) is 3.52. The molecule has 2 N–H and O–H groups in total. The van der Waals surface area contributed by atoms with E-state index in [1.54, 1.807) is 0 Å². The van der Waals surface area contributed by atoms with Gasteiger partial charge in [-0.15, -0.1) is 0 Å². The molecule has 152 valence electrons. The molecule has 0 atom stereocenters. The molecule has 27 heavy (non-hydrogen) atoms. The van der Waals surface area contributed by atoms with Crippen LogP contribution in [0.5, 0.6) is 0 Å². The number of hydrogen-bond donors (Lipinski definition) is 2. The number of nitrogens with zero attached hydrogens (tertiary/aromatic N) is 3. The molecule has 0 saturated carbocycles. The number of hydrogen-bond acceptors (Lipinski definition) is 3. The van der Waals surface area contributed by atoms with Crippen LogP contribution in [-0.2, 0) is 6.42 Å². The molecular weight excluding hydrogens is 409 g/mol. The van der Waals surface area contributed by atoms with Crippen LogP contribution in [0, 0.1) is 5.82 Å². The number of benzene rings is 1. The van der Waals surface area contributed by atoms with Crippen molar-refractivity contribution in [3.8, 4) is 0 Å². The standard InChI is InChI=1S/C20H33BrFN5/c1-3-23-20(25-10-11-27-14-12-26(4-2)13-15-27)24-9-5-6-17-7-8-18(21)16-19(17)22/h7-8,16H,3-6,9-15H2,1-2H3,(H2,23,24,25). The van der Waals surface area contributed by atoms with E-state index >= 15 is 0 Å². The molecule has 1 aliphatic heterocycles. The Balaban J connectivity index is 1.69. The van der Waals surface area contributed by atoms with Gasteiger partial charge >= 0.3 is 0 Å². The van der Waals surface area contributed by atoms with E-state index in [2.05, 4.69) is 55.2 Å². The van der Waals surface area contributed by atoms with Crippen molar-refractivity contribution >= 4 is 21.9 Å². The highest BCUT2D eigenvalue weighted by Gasteiger charge is 2.14. The van der Waals surface area contributed by atoms with Crippen LogP contribution in [0.1, 0.15) is 25.8 Å². The largest absolute Gasteiger partial charge is 0.357 e. The zero-order valence-electron chi connectivity index (χ0n) is 16.6. The van der Waals surface area contributed by atoms with Crippen LogP contribution in [0.4, 0.5) is 4.39 Å². The molecule has 0 amide bonds. The normalized spacial score (nSPS) is 16.5. The van der Waals surface area contributed by atoms with Crippen LogP contribution in [0.25, 0.3) is 0 Å². The van der Waals surface area contributed by atoms with Gasteiger partial charge in [0.1, 0.15) is 5.82 Å². The summed E-state index contributed by atoms with van der Waals surface area (Å²) in [5.74, 6) is 0.697. The minimum atomic E-state index is -0.151.